The van der Waals surface area contributed by atoms with Crippen LogP contribution in [0.3, 0.4) is 0 Å². The van der Waals surface area contributed by atoms with Crippen LogP contribution in [0.15, 0.2) is 12.1 Å². The van der Waals surface area contributed by atoms with Gasteiger partial charge in [0, 0.05) is 12.5 Å². The molecule has 18 heavy (non-hydrogen) atoms. The Hall–Kier alpha value is -1.55. The summed E-state index contributed by atoms with van der Waals surface area (Å²) in [5.74, 6) is 1.47. The van der Waals surface area contributed by atoms with Crippen molar-refractivity contribution in [3.05, 3.63) is 23.3 Å². The van der Waals surface area contributed by atoms with E-state index in [1.54, 1.807) is 20.3 Å². The number of hydrogen-bond donors (Lipinski definition) is 1. The molecule has 1 aromatic carbocycles. The predicted molar refractivity (Wildman–Crippen MR) is 71.4 cm³/mol. The number of ether oxygens (including phenoxy) is 2. The predicted octanol–water partition coefficient (Wildman–Crippen LogP) is 2.18. The molecule has 0 saturated heterocycles. The minimum absolute atomic E-state index is 0.0601. The molecule has 0 saturated carbocycles. The van der Waals surface area contributed by atoms with Crippen molar-refractivity contribution < 1.29 is 14.3 Å². The Morgan fingerprint density at radius 2 is 2.00 bits per heavy atom. The maximum atomic E-state index is 12.2. The molecule has 0 aliphatic heterocycles. The maximum Gasteiger partial charge on any atom is 0.167 e. The summed E-state index contributed by atoms with van der Waals surface area (Å²) >= 11 is 0. The average Bonchev–Trinajstić information content (AvgIpc) is 2.36. The Kier molecular flexibility index (Phi) is 5.16. The van der Waals surface area contributed by atoms with Crippen molar-refractivity contribution in [3.63, 3.8) is 0 Å². The normalized spacial score (nSPS) is 12.1. The molecule has 1 aromatic rings. The summed E-state index contributed by atoms with van der Waals surface area (Å²) in [5, 5.41) is 0. The molecule has 2 N–H and O–H groups in total. The zero-order valence-electron chi connectivity index (χ0n) is 11.4. The van der Waals surface area contributed by atoms with E-state index in [-0.39, 0.29) is 11.7 Å². The Bertz CT molecular complexity index is 429. The van der Waals surface area contributed by atoms with Crippen LogP contribution < -0.4 is 15.2 Å². The third-order valence-corrected chi connectivity index (χ3v) is 2.94. The summed E-state index contributed by atoms with van der Waals surface area (Å²) in [6, 6.07) is 3.57. The largest absolute Gasteiger partial charge is 0.497 e. The summed E-state index contributed by atoms with van der Waals surface area (Å²) in [4.78, 5) is 12.2. The number of nitrogens with two attached hydrogens (primary N) is 1. The van der Waals surface area contributed by atoms with E-state index >= 15 is 0 Å². The molecule has 1 unspecified atom stereocenters. The number of hydrogen-bond acceptors (Lipinski definition) is 4. The minimum Gasteiger partial charge on any atom is -0.497 e. The van der Waals surface area contributed by atoms with Crippen LogP contribution >= 0.6 is 0 Å². The van der Waals surface area contributed by atoms with E-state index in [0.717, 1.165) is 5.56 Å². The van der Waals surface area contributed by atoms with E-state index in [4.69, 9.17) is 15.2 Å². The number of Topliss-reactive ketones (excluding diaryl/α,β-unsaturated/α-hetero) is 1. The van der Waals surface area contributed by atoms with Crippen molar-refractivity contribution in [3.8, 4) is 11.5 Å². The first kappa shape index (κ1) is 14.5. The summed E-state index contributed by atoms with van der Waals surface area (Å²) in [5.41, 5.74) is 7.03. The van der Waals surface area contributed by atoms with Crippen molar-refractivity contribution in [2.24, 2.45) is 11.7 Å². The van der Waals surface area contributed by atoms with Crippen molar-refractivity contribution in [2.75, 3.05) is 20.8 Å². The second-order valence-corrected chi connectivity index (χ2v) is 4.49. The Morgan fingerprint density at radius 1 is 1.33 bits per heavy atom. The zero-order chi connectivity index (χ0) is 13.7. The van der Waals surface area contributed by atoms with E-state index in [1.807, 2.05) is 19.9 Å². The summed E-state index contributed by atoms with van der Waals surface area (Å²) in [7, 11) is 3.14. The molecule has 0 radical (unpaired) electrons. The standard InChI is InChI=1S/C14H21NO3/c1-9(8-15)5-12(16)14-10(2)6-11(17-3)7-13(14)18-4/h6-7,9H,5,8,15H2,1-4H3. The van der Waals surface area contributed by atoms with Gasteiger partial charge in [0.25, 0.3) is 0 Å². The SMILES string of the molecule is COc1cc(C)c(C(=O)CC(C)CN)c(OC)c1. The molecule has 0 fully saturated rings. The minimum atomic E-state index is 0.0601. The topological polar surface area (TPSA) is 61.5 Å². The molecule has 1 atom stereocenters. The molecule has 0 bridgehead atoms. The number of benzene rings is 1. The van der Waals surface area contributed by atoms with Gasteiger partial charge in [0.05, 0.1) is 19.8 Å². The van der Waals surface area contributed by atoms with Crippen molar-refractivity contribution >= 4 is 5.78 Å². The van der Waals surface area contributed by atoms with E-state index < -0.39 is 0 Å². The summed E-state index contributed by atoms with van der Waals surface area (Å²) < 4.78 is 10.4. The van der Waals surface area contributed by atoms with E-state index in [2.05, 4.69) is 0 Å². The van der Waals surface area contributed by atoms with Gasteiger partial charge >= 0.3 is 0 Å². The number of carbonyl (C=O) groups excluding carboxylic acids is 1. The van der Waals surface area contributed by atoms with Crippen molar-refractivity contribution in [1.29, 1.82) is 0 Å². The fraction of sp³-hybridized carbons (Fsp3) is 0.500. The van der Waals surface area contributed by atoms with Gasteiger partial charge < -0.3 is 15.2 Å². The van der Waals surface area contributed by atoms with Gasteiger partial charge in [0.2, 0.25) is 0 Å². The lowest BCUT2D eigenvalue weighted by atomic mass is 9.96. The molecule has 0 aliphatic rings. The first-order valence-electron chi connectivity index (χ1n) is 5.99. The summed E-state index contributed by atoms with van der Waals surface area (Å²) in [6.07, 6.45) is 0.431. The molecule has 0 amide bonds. The van der Waals surface area contributed by atoms with Crippen LogP contribution in [0.4, 0.5) is 0 Å². The van der Waals surface area contributed by atoms with E-state index in [0.29, 0.717) is 30.0 Å². The van der Waals surface area contributed by atoms with Crippen LogP contribution in [-0.2, 0) is 0 Å². The van der Waals surface area contributed by atoms with Gasteiger partial charge in [0.1, 0.15) is 11.5 Å². The zero-order valence-corrected chi connectivity index (χ0v) is 11.4. The fourth-order valence-electron chi connectivity index (χ4n) is 1.86. The molecule has 0 heterocycles. The van der Waals surface area contributed by atoms with Gasteiger partial charge in [0.15, 0.2) is 5.78 Å². The maximum absolute atomic E-state index is 12.2. The molecule has 0 aromatic heterocycles. The number of methoxy groups -OCH3 is 2. The van der Waals surface area contributed by atoms with Gasteiger partial charge in [-0.25, -0.2) is 0 Å². The monoisotopic (exact) mass is 251 g/mol. The van der Waals surface area contributed by atoms with Gasteiger partial charge in [-0.1, -0.05) is 6.92 Å². The second-order valence-electron chi connectivity index (χ2n) is 4.49. The highest BCUT2D eigenvalue weighted by Crippen LogP contribution is 2.30. The van der Waals surface area contributed by atoms with E-state index in [1.165, 1.54) is 0 Å². The molecule has 4 heteroatoms. The van der Waals surface area contributed by atoms with Gasteiger partial charge in [-0.2, -0.15) is 0 Å². The number of rotatable bonds is 6. The third-order valence-electron chi connectivity index (χ3n) is 2.94. The molecular weight excluding hydrogens is 230 g/mol. The van der Waals surface area contributed by atoms with E-state index in [9.17, 15) is 4.79 Å². The van der Waals surface area contributed by atoms with Crippen LogP contribution in [0.2, 0.25) is 0 Å². The van der Waals surface area contributed by atoms with Gasteiger partial charge in [-0.3, -0.25) is 4.79 Å². The smallest absolute Gasteiger partial charge is 0.167 e. The highest BCUT2D eigenvalue weighted by molar-refractivity contribution is 6.00. The Balaban J connectivity index is 3.10. The second kappa shape index (κ2) is 6.40. The Morgan fingerprint density at radius 3 is 2.50 bits per heavy atom. The molecule has 100 valence electrons. The molecule has 0 spiro atoms. The number of carbonyl (C=O) groups is 1. The first-order valence-corrected chi connectivity index (χ1v) is 5.99. The lowest BCUT2D eigenvalue weighted by Crippen LogP contribution is -2.16. The van der Waals surface area contributed by atoms with Crippen LogP contribution in [-0.4, -0.2) is 26.5 Å². The lowest BCUT2D eigenvalue weighted by Gasteiger charge is -2.14. The molecule has 4 nitrogen and oxygen atoms in total. The van der Waals surface area contributed by atoms with Crippen LogP contribution in [0.1, 0.15) is 29.3 Å². The average molecular weight is 251 g/mol. The fourth-order valence-corrected chi connectivity index (χ4v) is 1.86. The Labute approximate surface area is 108 Å². The van der Waals surface area contributed by atoms with Crippen molar-refractivity contribution in [1.82, 2.24) is 0 Å². The lowest BCUT2D eigenvalue weighted by molar-refractivity contribution is 0.0962. The quantitative estimate of drug-likeness (QED) is 0.787. The van der Waals surface area contributed by atoms with Gasteiger partial charge in [-0.15, -0.1) is 0 Å². The highest BCUT2D eigenvalue weighted by Gasteiger charge is 2.18. The number of ketones is 1. The molecular formula is C14H21NO3. The summed E-state index contributed by atoms with van der Waals surface area (Å²) in [6.45, 7) is 4.35. The van der Waals surface area contributed by atoms with Crippen LogP contribution in [0, 0.1) is 12.8 Å². The highest BCUT2D eigenvalue weighted by atomic mass is 16.5. The van der Waals surface area contributed by atoms with Crippen molar-refractivity contribution in [2.45, 2.75) is 20.3 Å². The van der Waals surface area contributed by atoms with Crippen LogP contribution in [0.5, 0.6) is 11.5 Å². The number of aryl methyl sites for hydroxylation is 1. The first-order chi connectivity index (χ1) is 8.53. The van der Waals surface area contributed by atoms with Crippen LogP contribution in [0.25, 0.3) is 0 Å². The molecule has 0 aliphatic carbocycles. The molecule has 1 rings (SSSR count). The van der Waals surface area contributed by atoms with Gasteiger partial charge in [-0.05, 0) is 31.0 Å². The third kappa shape index (κ3) is 3.23.